The average molecular weight is 382 g/mol. The number of anilines is 1. The van der Waals surface area contributed by atoms with Crippen molar-refractivity contribution in [3.05, 3.63) is 23.8 Å². The molecule has 2 heterocycles. The van der Waals surface area contributed by atoms with Crippen molar-refractivity contribution >= 4 is 29.9 Å². The molecule has 2 aliphatic heterocycles. The number of carbonyl (C=O) groups excluding carboxylic acids is 2. The van der Waals surface area contributed by atoms with E-state index >= 15 is 0 Å². The van der Waals surface area contributed by atoms with Gasteiger partial charge >= 0.3 is 0 Å². The van der Waals surface area contributed by atoms with Gasteiger partial charge in [-0.05, 0) is 63.4 Å². The second kappa shape index (κ2) is 9.24. The Bertz CT molecular complexity index is 647. The van der Waals surface area contributed by atoms with Crippen molar-refractivity contribution in [1.82, 2.24) is 10.2 Å². The van der Waals surface area contributed by atoms with E-state index in [-0.39, 0.29) is 36.2 Å². The lowest BCUT2D eigenvalue weighted by Gasteiger charge is -2.30. The molecule has 26 heavy (non-hydrogen) atoms. The van der Waals surface area contributed by atoms with Gasteiger partial charge in [0.1, 0.15) is 11.8 Å². The molecule has 0 aliphatic carbocycles. The summed E-state index contributed by atoms with van der Waals surface area (Å²) in [6, 6.07) is 5.30. The Kier molecular flexibility index (Phi) is 7.29. The van der Waals surface area contributed by atoms with Gasteiger partial charge < -0.3 is 20.3 Å². The minimum atomic E-state index is -0.382. The molecule has 1 aromatic rings. The van der Waals surface area contributed by atoms with E-state index in [0.29, 0.717) is 18.0 Å². The molecule has 0 saturated carbocycles. The third-order valence-electron chi connectivity index (χ3n) is 5.14. The van der Waals surface area contributed by atoms with Crippen LogP contribution in [0.15, 0.2) is 18.2 Å². The number of rotatable bonds is 4. The number of ether oxygens (including phenoxy) is 1. The van der Waals surface area contributed by atoms with Gasteiger partial charge in [-0.2, -0.15) is 0 Å². The Morgan fingerprint density at radius 1 is 1.23 bits per heavy atom. The molecule has 6 nitrogen and oxygen atoms in total. The summed E-state index contributed by atoms with van der Waals surface area (Å²) in [5, 5.41) is 6.24. The van der Waals surface area contributed by atoms with Crippen molar-refractivity contribution < 1.29 is 14.3 Å². The van der Waals surface area contributed by atoms with Crippen LogP contribution in [0, 0.1) is 12.8 Å². The first kappa shape index (κ1) is 20.5. The van der Waals surface area contributed by atoms with E-state index in [1.54, 1.807) is 12.0 Å². The van der Waals surface area contributed by atoms with Crippen LogP contribution in [0.2, 0.25) is 0 Å². The number of carbonyl (C=O) groups is 2. The Morgan fingerprint density at radius 3 is 2.65 bits per heavy atom. The maximum absolute atomic E-state index is 12.8. The zero-order valence-corrected chi connectivity index (χ0v) is 16.2. The molecule has 2 N–H and O–H groups in total. The first-order valence-corrected chi connectivity index (χ1v) is 9.07. The number of hydrogen-bond acceptors (Lipinski definition) is 4. The van der Waals surface area contributed by atoms with E-state index in [1.807, 2.05) is 25.1 Å². The van der Waals surface area contributed by atoms with Crippen LogP contribution >= 0.6 is 12.4 Å². The molecular formula is C19H28ClN3O3. The molecule has 0 spiro atoms. The zero-order valence-electron chi connectivity index (χ0n) is 15.4. The highest BCUT2D eigenvalue weighted by Gasteiger charge is 2.37. The van der Waals surface area contributed by atoms with Gasteiger partial charge in [0.05, 0.1) is 12.8 Å². The molecule has 1 atom stereocenters. The Hall–Kier alpha value is -1.79. The molecule has 1 unspecified atom stereocenters. The van der Waals surface area contributed by atoms with Crippen LogP contribution in [0.3, 0.4) is 0 Å². The lowest BCUT2D eigenvalue weighted by Crippen LogP contribution is -2.47. The second-order valence-electron chi connectivity index (χ2n) is 6.91. The van der Waals surface area contributed by atoms with E-state index in [9.17, 15) is 9.59 Å². The minimum absolute atomic E-state index is 0. The molecule has 7 heteroatoms. The van der Waals surface area contributed by atoms with Crippen LogP contribution in [0.4, 0.5) is 5.69 Å². The van der Waals surface area contributed by atoms with E-state index in [0.717, 1.165) is 44.3 Å². The summed E-state index contributed by atoms with van der Waals surface area (Å²) < 4.78 is 5.33. The molecule has 1 aromatic carbocycles. The summed E-state index contributed by atoms with van der Waals surface area (Å²) in [5.74, 6) is 0.690. The fourth-order valence-corrected chi connectivity index (χ4v) is 3.74. The van der Waals surface area contributed by atoms with Gasteiger partial charge in [0.15, 0.2) is 0 Å². The van der Waals surface area contributed by atoms with Crippen molar-refractivity contribution in [2.24, 2.45) is 5.92 Å². The standard InChI is InChI=1S/C19H27N3O3.ClH/c1-13-5-6-17(25-2)15(12-13)21-18(23)16-4-3-11-22(16)19(24)14-7-9-20-10-8-14;/h5-6,12,14,16,20H,3-4,7-11H2,1-2H3,(H,21,23);1H. The van der Waals surface area contributed by atoms with Crippen molar-refractivity contribution in [3.63, 3.8) is 0 Å². The van der Waals surface area contributed by atoms with Gasteiger partial charge in [0.2, 0.25) is 11.8 Å². The number of likely N-dealkylation sites (tertiary alicyclic amines) is 1. The number of nitrogens with zero attached hydrogens (tertiary/aromatic N) is 1. The summed E-state index contributed by atoms with van der Waals surface area (Å²) in [7, 11) is 1.59. The largest absolute Gasteiger partial charge is 0.495 e. The Morgan fingerprint density at radius 2 is 1.96 bits per heavy atom. The van der Waals surface area contributed by atoms with Crippen LogP contribution in [-0.4, -0.2) is 49.5 Å². The summed E-state index contributed by atoms with van der Waals surface area (Å²) in [6.07, 6.45) is 3.31. The molecule has 2 aliphatic rings. The summed E-state index contributed by atoms with van der Waals surface area (Å²) in [6.45, 7) is 4.40. The average Bonchev–Trinajstić information content (AvgIpc) is 3.12. The number of aryl methyl sites for hydroxylation is 1. The van der Waals surface area contributed by atoms with Crippen LogP contribution < -0.4 is 15.4 Å². The summed E-state index contributed by atoms with van der Waals surface area (Å²) in [5.41, 5.74) is 1.71. The quantitative estimate of drug-likeness (QED) is 0.839. The molecule has 0 aromatic heterocycles. The van der Waals surface area contributed by atoms with Crippen molar-refractivity contribution in [2.45, 2.75) is 38.6 Å². The molecule has 2 amide bonds. The number of benzene rings is 1. The number of nitrogens with one attached hydrogen (secondary N) is 2. The van der Waals surface area contributed by atoms with E-state index in [1.165, 1.54) is 0 Å². The fraction of sp³-hybridized carbons (Fsp3) is 0.579. The molecule has 0 bridgehead atoms. The van der Waals surface area contributed by atoms with Crippen molar-refractivity contribution in [1.29, 1.82) is 0 Å². The highest BCUT2D eigenvalue weighted by Crippen LogP contribution is 2.28. The number of hydrogen-bond donors (Lipinski definition) is 2. The first-order chi connectivity index (χ1) is 12.1. The van der Waals surface area contributed by atoms with Crippen molar-refractivity contribution in [2.75, 3.05) is 32.1 Å². The predicted molar refractivity (Wildman–Crippen MR) is 104 cm³/mol. The third-order valence-corrected chi connectivity index (χ3v) is 5.14. The van der Waals surface area contributed by atoms with E-state index < -0.39 is 0 Å². The summed E-state index contributed by atoms with van der Waals surface area (Å²) >= 11 is 0. The monoisotopic (exact) mass is 381 g/mol. The van der Waals surface area contributed by atoms with Gasteiger partial charge in [0, 0.05) is 12.5 Å². The van der Waals surface area contributed by atoms with E-state index in [4.69, 9.17) is 4.74 Å². The van der Waals surface area contributed by atoms with Gasteiger partial charge in [-0.1, -0.05) is 6.07 Å². The molecule has 2 fully saturated rings. The maximum atomic E-state index is 12.8. The van der Waals surface area contributed by atoms with Gasteiger partial charge in [0.25, 0.3) is 0 Å². The van der Waals surface area contributed by atoms with Crippen LogP contribution in [0.5, 0.6) is 5.75 Å². The molecule has 144 valence electrons. The number of amides is 2. The number of halogens is 1. The topological polar surface area (TPSA) is 70.7 Å². The number of piperidine rings is 1. The highest BCUT2D eigenvalue weighted by atomic mass is 35.5. The number of methoxy groups -OCH3 is 1. The zero-order chi connectivity index (χ0) is 17.8. The fourth-order valence-electron chi connectivity index (χ4n) is 3.74. The Balaban J connectivity index is 0.00000243. The van der Waals surface area contributed by atoms with Gasteiger partial charge in [-0.25, -0.2) is 0 Å². The first-order valence-electron chi connectivity index (χ1n) is 9.07. The van der Waals surface area contributed by atoms with Crippen LogP contribution in [-0.2, 0) is 9.59 Å². The SMILES string of the molecule is COc1ccc(C)cc1NC(=O)C1CCCN1C(=O)C1CCNCC1.Cl. The maximum Gasteiger partial charge on any atom is 0.247 e. The van der Waals surface area contributed by atoms with Crippen LogP contribution in [0.1, 0.15) is 31.2 Å². The Labute approximate surface area is 161 Å². The molecule has 2 saturated heterocycles. The van der Waals surface area contributed by atoms with Crippen molar-refractivity contribution in [3.8, 4) is 5.75 Å². The molecule has 0 radical (unpaired) electrons. The molecular weight excluding hydrogens is 354 g/mol. The van der Waals surface area contributed by atoms with Gasteiger partial charge in [-0.3, -0.25) is 9.59 Å². The normalized spacial score (nSPS) is 20.4. The van der Waals surface area contributed by atoms with Crippen LogP contribution in [0.25, 0.3) is 0 Å². The summed E-state index contributed by atoms with van der Waals surface area (Å²) in [4.78, 5) is 27.4. The lowest BCUT2D eigenvalue weighted by atomic mass is 9.96. The minimum Gasteiger partial charge on any atom is -0.495 e. The van der Waals surface area contributed by atoms with Gasteiger partial charge in [-0.15, -0.1) is 12.4 Å². The highest BCUT2D eigenvalue weighted by molar-refractivity contribution is 5.98. The lowest BCUT2D eigenvalue weighted by molar-refractivity contribution is -0.140. The predicted octanol–water partition coefficient (Wildman–Crippen LogP) is 2.35. The third kappa shape index (κ3) is 4.48. The second-order valence-corrected chi connectivity index (χ2v) is 6.91. The molecule has 3 rings (SSSR count). The van der Waals surface area contributed by atoms with E-state index in [2.05, 4.69) is 10.6 Å². The smallest absolute Gasteiger partial charge is 0.247 e.